The van der Waals surface area contributed by atoms with Crippen LogP contribution in [0.5, 0.6) is 5.75 Å². The summed E-state index contributed by atoms with van der Waals surface area (Å²) in [5, 5.41) is 8.78. The maximum Gasteiger partial charge on any atom is 0.251 e. The van der Waals surface area contributed by atoms with Gasteiger partial charge in [-0.05, 0) is 66.9 Å². The number of rotatable bonds is 12. The largest absolute Gasteiger partial charge is 0.491 e. The van der Waals surface area contributed by atoms with Crippen LogP contribution in [0.2, 0.25) is 0 Å². The predicted molar refractivity (Wildman–Crippen MR) is 140 cm³/mol. The van der Waals surface area contributed by atoms with Crippen LogP contribution in [-0.2, 0) is 17.8 Å². The van der Waals surface area contributed by atoms with Gasteiger partial charge in [0.05, 0.1) is 31.6 Å². The molecule has 184 valence electrons. The SMILES string of the molecule is O=C(CNc1ccc(C(=O)NCc2ccco2)cc1)Nc1ccccc1OCCCc1ccccc1. The summed E-state index contributed by atoms with van der Waals surface area (Å²) < 4.78 is 11.1. The second kappa shape index (κ2) is 12.8. The topological polar surface area (TPSA) is 92.6 Å². The Balaban J connectivity index is 1.21. The lowest BCUT2D eigenvalue weighted by Gasteiger charge is -2.13. The summed E-state index contributed by atoms with van der Waals surface area (Å²) in [6.45, 7) is 0.956. The van der Waals surface area contributed by atoms with E-state index >= 15 is 0 Å². The van der Waals surface area contributed by atoms with Gasteiger partial charge in [-0.3, -0.25) is 9.59 Å². The zero-order valence-electron chi connectivity index (χ0n) is 19.9. The first-order chi connectivity index (χ1) is 17.7. The minimum atomic E-state index is -0.199. The van der Waals surface area contributed by atoms with Gasteiger partial charge in [0, 0.05) is 11.3 Å². The first-order valence-corrected chi connectivity index (χ1v) is 11.9. The molecular weight excluding hydrogens is 454 g/mol. The van der Waals surface area contributed by atoms with E-state index in [1.165, 1.54) is 5.56 Å². The van der Waals surface area contributed by atoms with Crippen molar-refractivity contribution in [2.75, 3.05) is 23.8 Å². The van der Waals surface area contributed by atoms with Gasteiger partial charge in [-0.25, -0.2) is 0 Å². The zero-order chi connectivity index (χ0) is 25.0. The Labute approximate surface area is 210 Å². The monoisotopic (exact) mass is 483 g/mol. The van der Waals surface area contributed by atoms with Gasteiger partial charge in [0.25, 0.3) is 5.91 Å². The molecule has 0 aliphatic heterocycles. The molecule has 0 saturated carbocycles. The second-order valence-electron chi connectivity index (χ2n) is 8.17. The van der Waals surface area contributed by atoms with Gasteiger partial charge in [-0.2, -0.15) is 0 Å². The number of carbonyl (C=O) groups is 2. The molecule has 0 aliphatic carbocycles. The first-order valence-electron chi connectivity index (χ1n) is 11.9. The number of aryl methyl sites for hydroxylation is 1. The number of nitrogens with one attached hydrogen (secondary N) is 3. The van der Waals surface area contributed by atoms with Crippen molar-refractivity contribution in [2.45, 2.75) is 19.4 Å². The zero-order valence-corrected chi connectivity index (χ0v) is 19.9. The van der Waals surface area contributed by atoms with Crippen LogP contribution in [-0.4, -0.2) is 25.0 Å². The fraction of sp³-hybridized carbons (Fsp3) is 0.172. The number of furan rings is 1. The van der Waals surface area contributed by atoms with E-state index < -0.39 is 0 Å². The van der Waals surface area contributed by atoms with Crippen LogP contribution >= 0.6 is 0 Å². The maximum atomic E-state index is 12.5. The number of para-hydroxylation sites is 2. The van der Waals surface area contributed by atoms with Crippen molar-refractivity contribution in [1.82, 2.24) is 5.32 Å². The van der Waals surface area contributed by atoms with E-state index in [1.54, 1.807) is 42.7 Å². The Bertz CT molecular complexity index is 1240. The van der Waals surface area contributed by atoms with Gasteiger partial charge in [0.1, 0.15) is 11.5 Å². The van der Waals surface area contributed by atoms with E-state index in [0.717, 1.165) is 18.5 Å². The van der Waals surface area contributed by atoms with E-state index in [2.05, 4.69) is 28.1 Å². The standard InChI is InChI=1S/C29H29N3O4/c33-28(21-30-24-16-14-23(15-17-24)29(34)31-20-25-11-7-18-35-25)32-26-12-4-5-13-27(26)36-19-6-10-22-8-2-1-3-9-22/h1-5,7-9,11-18,30H,6,10,19-21H2,(H,31,34)(H,32,33). The van der Waals surface area contributed by atoms with Gasteiger partial charge in [0.2, 0.25) is 5.91 Å². The Kier molecular flexibility index (Phi) is 8.75. The smallest absolute Gasteiger partial charge is 0.251 e. The molecule has 1 heterocycles. The fourth-order valence-corrected chi connectivity index (χ4v) is 3.60. The van der Waals surface area contributed by atoms with Gasteiger partial charge in [0.15, 0.2) is 0 Å². The van der Waals surface area contributed by atoms with Crippen LogP contribution in [0.25, 0.3) is 0 Å². The predicted octanol–water partition coefficient (Wildman–Crippen LogP) is 5.27. The minimum absolute atomic E-state index is 0.0758. The Morgan fingerprint density at radius 2 is 1.61 bits per heavy atom. The first kappa shape index (κ1) is 24.6. The molecule has 0 saturated heterocycles. The molecule has 7 nitrogen and oxygen atoms in total. The highest BCUT2D eigenvalue weighted by Gasteiger charge is 2.09. The molecular formula is C29H29N3O4. The summed E-state index contributed by atoms with van der Waals surface area (Å²) >= 11 is 0. The number of anilines is 2. The van der Waals surface area contributed by atoms with Gasteiger partial charge < -0.3 is 25.1 Å². The summed E-state index contributed by atoms with van der Waals surface area (Å²) in [7, 11) is 0. The van der Waals surface area contributed by atoms with Gasteiger partial charge >= 0.3 is 0 Å². The molecule has 3 aromatic carbocycles. The molecule has 0 atom stereocenters. The van der Waals surface area contributed by atoms with Crippen molar-refractivity contribution in [3.05, 3.63) is 114 Å². The Morgan fingerprint density at radius 3 is 2.39 bits per heavy atom. The molecule has 36 heavy (non-hydrogen) atoms. The number of amides is 2. The molecule has 3 N–H and O–H groups in total. The molecule has 4 aromatic rings. The Hall–Kier alpha value is -4.52. The third-order valence-electron chi connectivity index (χ3n) is 5.47. The van der Waals surface area contributed by atoms with Gasteiger partial charge in [-0.15, -0.1) is 0 Å². The second-order valence-corrected chi connectivity index (χ2v) is 8.17. The maximum absolute atomic E-state index is 12.5. The highest BCUT2D eigenvalue weighted by molar-refractivity contribution is 5.96. The lowest BCUT2D eigenvalue weighted by Crippen LogP contribution is -2.23. The third kappa shape index (κ3) is 7.50. The van der Waals surface area contributed by atoms with Crippen molar-refractivity contribution in [3.63, 3.8) is 0 Å². The number of benzene rings is 3. The average Bonchev–Trinajstić information content (AvgIpc) is 3.44. The number of hydrogen-bond donors (Lipinski definition) is 3. The van der Waals surface area contributed by atoms with Crippen molar-refractivity contribution in [1.29, 1.82) is 0 Å². The molecule has 0 bridgehead atoms. The average molecular weight is 484 g/mol. The third-order valence-corrected chi connectivity index (χ3v) is 5.47. The van der Waals surface area contributed by atoms with Crippen LogP contribution in [0, 0.1) is 0 Å². The summed E-state index contributed by atoms with van der Waals surface area (Å²) in [5.74, 6) is 0.933. The van der Waals surface area contributed by atoms with Crippen LogP contribution in [0.4, 0.5) is 11.4 Å². The molecule has 7 heteroatoms. The highest BCUT2D eigenvalue weighted by Crippen LogP contribution is 2.24. The van der Waals surface area contributed by atoms with E-state index in [9.17, 15) is 9.59 Å². The van der Waals surface area contributed by atoms with Crippen LogP contribution in [0.3, 0.4) is 0 Å². The normalized spacial score (nSPS) is 10.4. The van der Waals surface area contributed by atoms with Crippen molar-refractivity contribution >= 4 is 23.2 Å². The van der Waals surface area contributed by atoms with Crippen LogP contribution in [0.1, 0.15) is 28.1 Å². The van der Waals surface area contributed by atoms with Crippen LogP contribution in [0.15, 0.2) is 102 Å². The molecule has 1 aromatic heterocycles. The lowest BCUT2D eigenvalue weighted by molar-refractivity contribution is -0.114. The summed E-state index contributed by atoms with van der Waals surface area (Å²) in [5.41, 5.74) is 3.16. The summed E-state index contributed by atoms with van der Waals surface area (Å²) in [4.78, 5) is 24.8. The number of ether oxygens (including phenoxy) is 1. The van der Waals surface area contributed by atoms with E-state index in [-0.39, 0.29) is 18.4 Å². The molecule has 0 spiro atoms. The number of carbonyl (C=O) groups excluding carboxylic acids is 2. The van der Waals surface area contributed by atoms with Crippen molar-refractivity contribution in [3.8, 4) is 5.75 Å². The van der Waals surface area contributed by atoms with E-state index in [0.29, 0.717) is 35.9 Å². The number of hydrogen-bond acceptors (Lipinski definition) is 5. The summed E-state index contributed by atoms with van der Waals surface area (Å²) in [6.07, 6.45) is 3.38. The van der Waals surface area contributed by atoms with Crippen molar-refractivity contribution in [2.24, 2.45) is 0 Å². The molecule has 0 aliphatic rings. The van der Waals surface area contributed by atoms with E-state index in [4.69, 9.17) is 9.15 Å². The Morgan fingerprint density at radius 1 is 0.833 bits per heavy atom. The molecule has 0 fully saturated rings. The molecule has 4 rings (SSSR count). The minimum Gasteiger partial charge on any atom is -0.491 e. The summed E-state index contributed by atoms with van der Waals surface area (Å²) in [6, 6.07) is 28.2. The molecule has 0 radical (unpaired) electrons. The van der Waals surface area contributed by atoms with Crippen molar-refractivity contribution < 1.29 is 18.7 Å². The fourth-order valence-electron chi connectivity index (χ4n) is 3.60. The highest BCUT2D eigenvalue weighted by atomic mass is 16.5. The molecule has 0 unspecified atom stereocenters. The molecule has 2 amide bonds. The van der Waals surface area contributed by atoms with Crippen LogP contribution < -0.4 is 20.7 Å². The van der Waals surface area contributed by atoms with E-state index in [1.807, 2.05) is 42.5 Å². The van der Waals surface area contributed by atoms with Gasteiger partial charge in [-0.1, -0.05) is 42.5 Å². The lowest BCUT2D eigenvalue weighted by atomic mass is 10.1. The quantitative estimate of drug-likeness (QED) is 0.239.